The van der Waals surface area contributed by atoms with Crippen molar-refractivity contribution in [1.29, 1.82) is 0 Å². The Morgan fingerprint density at radius 2 is 1.25 bits per heavy atom. The van der Waals surface area contributed by atoms with Gasteiger partial charge in [0.2, 0.25) is 20.0 Å². The summed E-state index contributed by atoms with van der Waals surface area (Å²) in [5.41, 5.74) is 0. The first-order valence-corrected chi connectivity index (χ1v) is 12.2. The molecule has 134 valence electrons. The first-order valence-electron chi connectivity index (χ1n) is 7.43. The van der Waals surface area contributed by atoms with Crippen molar-refractivity contribution in [1.82, 2.24) is 9.44 Å². The highest BCUT2D eigenvalue weighted by atomic mass is 32.2. The van der Waals surface area contributed by atoms with Crippen LogP contribution in [0.2, 0.25) is 0 Å². The highest BCUT2D eigenvalue weighted by Gasteiger charge is 2.32. The minimum atomic E-state index is -3.90. The molecule has 1 aliphatic heterocycles. The van der Waals surface area contributed by atoms with Gasteiger partial charge in [0.05, 0.1) is 21.3 Å². The Kier molecular flexibility index (Phi) is 4.49. The molecule has 1 aromatic rings. The van der Waals surface area contributed by atoms with Crippen molar-refractivity contribution >= 4 is 29.9 Å². The second-order valence-electron chi connectivity index (χ2n) is 6.09. The van der Waals surface area contributed by atoms with Gasteiger partial charge in [-0.3, -0.25) is 0 Å². The molecule has 0 radical (unpaired) electrons. The maximum atomic E-state index is 12.3. The molecule has 1 unspecified atom stereocenters. The van der Waals surface area contributed by atoms with Gasteiger partial charge in [0, 0.05) is 12.1 Å². The summed E-state index contributed by atoms with van der Waals surface area (Å²) in [6, 6.07) is 4.17. The zero-order valence-corrected chi connectivity index (χ0v) is 15.1. The number of sulfonamides is 2. The van der Waals surface area contributed by atoms with Crippen LogP contribution in [0.3, 0.4) is 0 Å². The van der Waals surface area contributed by atoms with Gasteiger partial charge in [0.1, 0.15) is 0 Å². The first kappa shape index (κ1) is 17.8. The third kappa shape index (κ3) is 4.14. The second kappa shape index (κ2) is 6.06. The number of hydrogen-bond acceptors (Lipinski definition) is 6. The molecule has 0 aromatic heterocycles. The van der Waals surface area contributed by atoms with Gasteiger partial charge in [-0.25, -0.2) is 34.7 Å². The standard InChI is InChI=1S/C13H18N2O6S3/c16-22(17)8-7-11(9-22)15-24(20,21)13-5-3-12(4-6-13)23(18,19)14-10-1-2-10/h3-6,10-11,14-15H,1-2,7-9H2. The SMILES string of the molecule is O=S1(=O)CCC(NS(=O)(=O)c2ccc(S(=O)(=O)NC3CC3)cc2)C1. The molecule has 0 spiro atoms. The fraction of sp³-hybridized carbons (Fsp3) is 0.538. The van der Waals surface area contributed by atoms with E-state index in [0.717, 1.165) is 12.8 Å². The predicted molar refractivity (Wildman–Crippen MR) is 87.2 cm³/mol. The summed E-state index contributed by atoms with van der Waals surface area (Å²) in [4.78, 5) is -0.103. The lowest BCUT2D eigenvalue weighted by atomic mass is 10.3. The van der Waals surface area contributed by atoms with Crippen LogP contribution < -0.4 is 9.44 Å². The summed E-state index contributed by atoms with van der Waals surface area (Å²) in [5, 5.41) is 0. The van der Waals surface area contributed by atoms with Crippen LogP contribution in [0.1, 0.15) is 19.3 Å². The minimum Gasteiger partial charge on any atom is -0.229 e. The fourth-order valence-electron chi connectivity index (χ4n) is 2.46. The predicted octanol–water partition coefficient (Wildman–Crippen LogP) is -0.407. The van der Waals surface area contributed by atoms with E-state index in [9.17, 15) is 25.3 Å². The maximum absolute atomic E-state index is 12.3. The summed E-state index contributed by atoms with van der Waals surface area (Å²) >= 11 is 0. The van der Waals surface area contributed by atoms with E-state index in [2.05, 4.69) is 9.44 Å². The van der Waals surface area contributed by atoms with Crippen LogP contribution in [-0.4, -0.2) is 48.8 Å². The van der Waals surface area contributed by atoms with E-state index in [1.165, 1.54) is 24.3 Å². The molecule has 2 N–H and O–H groups in total. The zero-order valence-electron chi connectivity index (χ0n) is 12.7. The Bertz CT molecular complexity index is 932. The van der Waals surface area contributed by atoms with E-state index < -0.39 is 35.9 Å². The van der Waals surface area contributed by atoms with Crippen molar-refractivity contribution < 1.29 is 25.3 Å². The third-order valence-corrected chi connectivity index (χ3v) is 8.74. The molecule has 1 atom stereocenters. The normalized spacial score (nSPS) is 24.1. The van der Waals surface area contributed by atoms with Crippen LogP contribution in [0.15, 0.2) is 34.1 Å². The number of nitrogens with one attached hydrogen (secondary N) is 2. The average molecular weight is 394 g/mol. The van der Waals surface area contributed by atoms with Gasteiger partial charge in [0.15, 0.2) is 9.84 Å². The van der Waals surface area contributed by atoms with Gasteiger partial charge < -0.3 is 0 Å². The van der Waals surface area contributed by atoms with E-state index in [-0.39, 0.29) is 33.8 Å². The maximum Gasteiger partial charge on any atom is 0.240 e. The van der Waals surface area contributed by atoms with Gasteiger partial charge in [-0.15, -0.1) is 0 Å². The molecule has 1 aliphatic carbocycles. The summed E-state index contributed by atoms with van der Waals surface area (Å²) in [7, 11) is -10.7. The van der Waals surface area contributed by atoms with Crippen molar-refractivity contribution in [2.24, 2.45) is 0 Å². The van der Waals surface area contributed by atoms with Gasteiger partial charge in [-0.2, -0.15) is 0 Å². The largest absolute Gasteiger partial charge is 0.240 e. The Balaban J connectivity index is 1.74. The minimum absolute atomic E-state index is 0.00297. The van der Waals surface area contributed by atoms with Crippen molar-refractivity contribution in [3.05, 3.63) is 24.3 Å². The number of sulfone groups is 1. The Labute approximate surface area is 141 Å². The molecule has 2 aliphatic rings. The molecule has 3 rings (SSSR count). The summed E-state index contributed by atoms with van der Waals surface area (Å²) in [6.45, 7) is 0. The number of rotatable bonds is 6. The first-order chi connectivity index (χ1) is 11.1. The smallest absolute Gasteiger partial charge is 0.229 e. The third-order valence-electron chi connectivity index (χ3n) is 3.90. The van der Waals surface area contributed by atoms with E-state index in [1.54, 1.807) is 0 Å². The highest BCUT2D eigenvalue weighted by Crippen LogP contribution is 2.23. The van der Waals surface area contributed by atoms with Crippen LogP contribution in [-0.2, 0) is 29.9 Å². The molecule has 1 saturated carbocycles. The topological polar surface area (TPSA) is 126 Å². The highest BCUT2D eigenvalue weighted by molar-refractivity contribution is 7.92. The van der Waals surface area contributed by atoms with Crippen molar-refractivity contribution in [2.45, 2.75) is 41.1 Å². The Hall–Kier alpha value is -1.01. The van der Waals surface area contributed by atoms with E-state index in [0.29, 0.717) is 0 Å². The Morgan fingerprint density at radius 3 is 1.62 bits per heavy atom. The molecule has 0 amide bonds. The quantitative estimate of drug-likeness (QED) is 0.676. The zero-order chi connectivity index (χ0) is 17.6. The molecule has 8 nitrogen and oxygen atoms in total. The summed E-state index contributed by atoms with van der Waals surface area (Å²) in [5.74, 6) is -0.256. The second-order valence-corrected chi connectivity index (χ2v) is 11.7. The monoisotopic (exact) mass is 394 g/mol. The van der Waals surface area contributed by atoms with Crippen LogP contribution in [0.25, 0.3) is 0 Å². The molecule has 2 fully saturated rings. The summed E-state index contributed by atoms with van der Waals surface area (Å²) in [6.07, 6.45) is 1.85. The molecular weight excluding hydrogens is 376 g/mol. The number of benzene rings is 1. The Morgan fingerprint density at radius 1 is 0.792 bits per heavy atom. The lowest BCUT2D eigenvalue weighted by Gasteiger charge is -2.12. The van der Waals surface area contributed by atoms with Crippen LogP contribution >= 0.6 is 0 Å². The van der Waals surface area contributed by atoms with E-state index >= 15 is 0 Å². The molecule has 1 aromatic carbocycles. The van der Waals surface area contributed by atoms with Crippen molar-refractivity contribution in [3.8, 4) is 0 Å². The molecule has 24 heavy (non-hydrogen) atoms. The molecule has 1 heterocycles. The molecular formula is C13H18N2O6S3. The van der Waals surface area contributed by atoms with Crippen LogP contribution in [0.5, 0.6) is 0 Å². The summed E-state index contributed by atoms with van der Waals surface area (Å²) < 4.78 is 76.3. The van der Waals surface area contributed by atoms with Crippen LogP contribution in [0, 0.1) is 0 Å². The fourth-order valence-corrected chi connectivity index (χ4v) is 6.82. The van der Waals surface area contributed by atoms with Gasteiger partial charge in [0.25, 0.3) is 0 Å². The average Bonchev–Trinajstić information content (AvgIpc) is 3.21. The number of hydrogen-bond donors (Lipinski definition) is 2. The molecule has 11 heteroatoms. The van der Waals surface area contributed by atoms with Crippen molar-refractivity contribution in [2.75, 3.05) is 11.5 Å². The van der Waals surface area contributed by atoms with E-state index in [4.69, 9.17) is 0 Å². The van der Waals surface area contributed by atoms with Gasteiger partial charge >= 0.3 is 0 Å². The van der Waals surface area contributed by atoms with Crippen molar-refractivity contribution in [3.63, 3.8) is 0 Å². The van der Waals surface area contributed by atoms with E-state index in [1.807, 2.05) is 0 Å². The van der Waals surface area contributed by atoms with Crippen LogP contribution in [0.4, 0.5) is 0 Å². The van der Waals surface area contributed by atoms with Gasteiger partial charge in [-0.1, -0.05) is 0 Å². The van der Waals surface area contributed by atoms with Gasteiger partial charge in [-0.05, 0) is 43.5 Å². The molecule has 0 bridgehead atoms. The lowest BCUT2D eigenvalue weighted by molar-refractivity contribution is 0.561. The lowest BCUT2D eigenvalue weighted by Crippen LogP contribution is -2.35. The molecule has 1 saturated heterocycles.